The molecule has 4 rings (SSSR count). The van der Waals surface area contributed by atoms with Gasteiger partial charge in [-0.3, -0.25) is 0 Å². The predicted molar refractivity (Wildman–Crippen MR) is 115 cm³/mol. The minimum Gasteiger partial charge on any atom is -0.488 e. The van der Waals surface area contributed by atoms with E-state index in [1.54, 1.807) is 18.2 Å². The lowest BCUT2D eigenvalue weighted by atomic mass is 10.2. The average molecular weight is 399 g/mol. The summed E-state index contributed by atoms with van der Waals surface area (Å²) in [7, 11) is 1.35. The Balaban J connectivity index is 1.41. The zero-order valence-electron chi connectivity index (χ0n) is 16.6. The van der Waals surface area contributed by atoms with Gasteiger partial charge in [0, 0.05) is 5.39 Å². The molecule has 3 aromatic carbocycles. The predicted octanol–water partition coefficient (Wildman–Crippen LogP) is 5.18. The van der Waals surface area contributed by atoms with E-state index in [1.807, 2.05) is 66.7 Å². The van der Waals surface area contributed by atoms with Gasteiger partial charge in [-0.05, 0) is 42.0 Å². The summed E-state index contributed by atoms with van der Waals surface area (Å²) in [6.45, 7) is 0.680. The number of aromatic nitrogens is 1. The standard InChI is InChI=1S/C25H21NO4/c1-28-25(27)22-10-3-5-12-24(22)30-16-18-7-6-9-21(15-18)29-17-20-14-13-19-8-2-4-11-23(19)26-20/h2-15H,16-17H2,1H3. The fourth-order valence-corrected chi connectivity index (χ4v) is 3.10. The number of carbonyl (C=O) groups is 1. The third kappa shape index (κ3) is 4.58. The van der Waals surface area contributed by atoms with Crippen LogP contribution in [-0.2, 0) is 18.0 Å². The first-order valence-electron chi connectivity index (χ1n) is 9.59. The van der Waals surface area contributed by atoms with Gasteiger partial charge in [0.1, 0.15) is 30.3 Å². The van der Waals surface area contributed by atoms with Gasteiger partial charge in [-0.25, -0.2) is 9.78 Å². The summed E-state index contributed by atoms with van der Waals surface area (Å²) in [6, 6.07) is 26.7. The van der Waals surface area contributed by atoms with Crippen LogP contribution in [0.15, 0.2) is 84.9 Å². The summed E-state index contributed by atoms with van der Waals surface area (Å²) in [6.07, 6.45) is 0. The van der Waals surface area contributed by atoms with Crippen LogP contribution in [-0.4, -0.2) is 18.1 Å². The number of nitrogens with zero attached hydrogens (tertiary/aromatic N) is 1. The molecule has 0 spiro atoms. The quantitative estimate of drug-likeness (QED) is 0.401. The Hall–Kier alpha value is -3.86. The molecule has 0 aliphatic rings. The largest absolute Gasteiger partial charge is 0.488 e. The lowest BCUT2D eigenvalue weighted by molar-refractivity contribution is 0.0595. The van der Waals surface area contributed by atoms with Crippen LogP contribution in [0.3, 0.4) is 0 Å². The van der Waals surface area contributed by atoms with Crippen molar-refractivity contribution in [2.24, 2.45) is 0 Å². The third-order valence-corrected chi connectivity index (χ3v) is 4.63. The van der Waals surface area contributed by atoms with E-state index >= 15 is 0 Å². The molecule has 0 aliphatic heterocycles. The summed E-state index contributed by atoms with van der Waals surface area (Å²) >= 11 is 0. The van der Waals surface area contributed by atoms with Crippen molar-refractivity contribution in [1.29, 1.82) is 0 Å². The first-order valence-corrected chi connectivity index (χ1v) is 9.59. The maximum absolute atomic E-state index is 11.9. The highest BCUT2D eigenvalue weighted by Gasteiger charge is 2.12. The van der Waals surface area contributed by atoms with E-state index < -0.39 is 5.97 Å². The summed E-state index contributed by atoms with van der Waals surface area (Å²) in [4.78, 5) is 16.5. The van der Waals surface area contributed by atoms with Crippen molar-refractivity contribution in [1.82, 2.24) is 4.98 Å². The van der Waals surface area contributed by atoms with E-state index in [0.29, 0.717) is 24.5 Å². The highest BCUT2D eigenvalue weighted by atomic mass is 16.5. The third-order valence-electron chi connectivity index (χ3n) is 4.63. The monoisotopic (exact) mass is 399 g/mol. The van der Waals surface area contributed by atoms with Crippen molar-refractivity contribution in [3.63, 3.8) is 0 Å². The minimum atomic E-state index is -0.425. The number of rotatable bonds is 7. The molecule has 0 unspecified atom stereocenters. The van der Waals surface area contributed by atoms with Gasteiger partial charge in [0.15, 0.2) is 0 Å². The fourth-order valence-electron chi connectivity index (χ4n) is 3.10. The molecule has 0 radical (unpaired) electrons. The van der Waals surface area contributed by atoms with E-state index in [2.05, 4.69) is 4.98 Å². The minimum absolute atomic E-state index is 0.305. The van der Waals surface area contributed by atoms with E-state index in [1.165, 1.54) is 7.11 Å². The van der Waals surface area contributed by atoms with E-state index in [0.717, 1.165) is 27.9 Å². The summed E-state index contributed by atoms with van der Waals surface area (Å²) in [5.41, 5.74) is 3.14. The average Bonchev–Trinajstić information content (AvgIpc) is 2.81. The van der Waals surface area contributed by atoms with Crippen LogP contribution in [0.2, 0.25) is 0 Å². The fraction of sp³-hybridized carbons (Fsp3) is 0.120. The number of carbonyl (C=O) groups excluding carboxylic acids is 1. The van der Waals surface area contributed by atoms with Crippen molar-refractivity contribution in [3.8, 4) is 11.5 Å². The molecule has 1 aromatic heterocycles. The number of benzene rings is 3. The molecule has 0 amide bonds. The molecule has 5 nitrogen and oxygen atoms in total. The summed E-state index contributed by atoms with van der Waals surface area (Å²) < 4.78 is 16.6. The van der Waals surface area contributed by atoms with Crippen LogP contribution in [0.5, 0.6) is 11.5 Å². The Bertz CT molecular complexity index is 1170. The van der Waals surface area contributed by atoms with Crippen LogP contribution >= 0.6 is 0 Å². The molecular weight excluding hydrogens is 378 g/mol. The van der Waals surface area contributed by atoms with E-state index in [9.17, 15) is 4.79 Å². The molecule has 0 fully saturated rings. The molecule has 150 valence electrons. The van der Waals surface area contributed by atoms with Gasteiger partial charge in [0.05, 0.1) is 18.3 Å². The lowest BCUT2D eigenvalue weighted by Gasteiger charge is -2.11. The molecule has 4 aromatic rings. The highest BCUT2D eigenvalue weighted by molar-refractivity contribution is 5.92. The molecule has 0 atom stereocenters. The van der Waals surface area contributed by atoms with Crippen molar-refractivity contribution in [2.75, 3.05) is 7.11 Å². The van der Waals surface area contributed by atoms with Gasteiger partial charge >= 0.3 is 5.97 Å². The zero-order valence-corrected chi connectivity index (χ0v) is 16.6. The van der Waals surface area contributed by atoms with E-state index in [-0.39, 0.29) is 0 Å². The van der Waals surface area contributed by atoms with Crippen molar-refractivity contribution >= 4 is 16.9 Å². The molecule has 30 heavy (non-hydrogen) atoms. The smallest absolute Gasteiger partial charge is 0.341 e. The Labute approximate surface area is 174 Å². The van der Waals surface area contributed by atoms with Crippen molar-refractivity contribution in [2.45, 2.75) is 13.2 Å². The molecule has 0 aliphatic carbocycles. The number of hydrogen-bond acceptors (Lipinski definition) is 5. The second-order valence-corrected chi connectivity index (χ2v) is 6.71. The number of para-hydroxylation sites is 2. The lowest BCUT2D eigenvalue weighted by Crippen LogP contribution is -2.06. The molecule has 1 heterocycles. The van der Waals surface area contributed by atoms with Gasteiger partial charge in [0.25, 0.3) is 0 Å². The Morgan fingerprint density at radius 1 is 0.833 bits per heavy atom. The zero-order chi connectivity index (χ0) is 20.8. The number of pyridine rings is 1. The first-order chi connectivity index (χ1) is 14.7. The summed E-state index contributed by atoms with van der Waals surface area (Å²) in [5, 5.41) is 1.10. The second kappa shape index (κ2) is 9.09. The number of ether oxygens (including phenoxy) is 3. The van der Waals surface area contributed by atoms with E-state index in [4.69, 9.17) is 14.2 Å². The molecular formula is C25H21NO4. The number of fused-ring (bicyclic) bond motifs is 1. The maximum atomic E-state index is 11.9. The molecule has 5 heteroatoms. The number of esters is 1. The molecule has 0 saturated carbocycles. The van der Waals surface area contributed by atoms with Crippen molar-refractivity contribution in [3.05, 3.63) is 102 Å². The number of hydrogen-bond donors (Lipinski definition) is 0. The second-order valence-electron chi connectivity index (χ2n) is 6.71. The van der Waals surface area contributed by atoms with Gasteiger partial charge in [-0.1, -0.05) is 48.5 Å². The van der Waals surface area contributed by atoms with Gasteiger partial charge < -0.3 is 14.2 Å². The molecule has 0 bridgehead atoms. The molecule has 0 N–H and O–H groups in total. The van der Waals surface area contributed by atoms with Crippen LogP contribution in [0.1, 0.15) is 21.6 Å². The topological polar surface area (TPSA) is 57.7 Å². The van der Waals surface area contributed by atoms with Crippen LogP contribution in [0.4, 0.5) is 0 Å². The van der Waals surface area contributed by atoms with Crippen molar-refractivity contribution < 1.29 is 19.0 Å². The Kier molecular flexibility index (Phi) is 5.90. The van der Waals surface area contributed by atoms with Gasteiger partial charge in [0.2, 0.25) is 0 Å². The van der Waals surface area contributed by atoms with Crippen LogP contribution in [0, 0.1) is 0 Å². The normalized spacial score (nSPS) is 10.6. The maximum Gasteiger partial charge on any atom is 0.341 e. The Morgan fingerprint density at radius 3 is 2.57 bits per heavy atom. The summed E-state index contributed by atoms with van der Waals surface area (Å²) in [5.74, 6) is 0.786. The Morgan fingerprint density at radius 2 is 1.67 bits per heavy atom. The number of methoxy groups -OCH3 is 1. The SMILES string of the molecule is COC(=O)c1ccccc1OCc1cccc(OCc2ccc3ccccc3n2)c1. The first kappa shape index (κ1) is 19.5. The molecule has 0 saturated heterocycles. The van der Waals surface area contributed by atoms with Gasteiger partial charge in [-0.15, -0.1) is 0 Å². The van der Waals surface area contributed by atoms with Crippen LogP contribution in [0.25, 0.3) is 10.9 Å². The highest BCUT2D eigenvalue weighted by Crippen LogP contribution is 2.22. The van der Waals surface area contributed by atoms with Gasteiger partial charge in [-0.2, -0.15) is 0 Å². The van der Waals surface area contributed by atoms with Crippen LogP contribution < -0.4 is 9.47 Å².